The Morgan fingerprint density at radius 2 is 1.90 bits per heavy atom. The number of nitrogens with one attached hydrogen (secondary N) is 1. The number of carbonyl (C=O) groups excluding carboxylic acids is 3. The molecule has 7 atom stereocenters. The second-order valence-corrected chi connectivity index (χ2v) is 12.1. The lowest BCUT2D eigenvalue weighted by Crippen LogP contribution is -2.70. The van der Waals surface area contributed by atoms with Gasteiger partial charge in [0.05, 0.1) is 13.2 Å². The Morgan fingerprint density at radius 3 is 2.66 bits per heavy atom. The number of likely N-dealkylation sites (N-methyl/N-ethyl adjacent to an activating group) is 1. The van der Waals surface area contributed by atoms with E-state index in [1.807, 2.05) is 54.6 Å². The lowest BCUT2D eigenvalue weighted by Gasteiger charge is -2.50. The van der Waals surface area contributed by atoms with Crippen molar-refractivity contribution in [3.05, 3.63) is 69.3 Å². The molecule has 41 heavy (non-hydrogen) atoms. The SMILES string of the molecule is CN(C(=O)C12CC3OC(=O)C1N(Cc1cccc(I)c1)OC2C1OCOC31)C(Cc1ccccc1)C(=O)NCCO. The van der Waals surface area contributed by atoms with Crippen molar-refractivity contribution in [3.63, 3.8) is 0 Å². The highest BCUT2D eigenvalue weighted by atomic mass is 127. The molecule has 2 amide bonds. The fraction of sp³-hybridized carbons (Fsp3) is 0.483. The van der Waals surface area contributed by atoms with Crippen molar-refractivity contribution < 1.29 is 38.5 Å². The molecule has 7 unspecified atom stereocenters. The van der Waals surface area contributed by atoms with Gasteiger partial charge >= 0.3 is 5.97 Å². The summed E-state index contributed by atoms with van der Waals surface area (Å²) in [5.41, 5.74) is 0.412. The number of amides is 2. The summed E-state index contributed by atoms with van der Waals surface area (Å²) >= 11 is 2.22. The number of ether oxygens (including phenoxy) is 3. The largest absolute Gasteiger partial charge is 0.458 e. The van der Waals surface area contributed by atoms with Gasteiger partial charge in [-0.3, -0.25) is 19.2 Å². The summed E-state index contributed by atoms with van der Waals surface area (Å²) in [6, 6.07) is 15.3. The van der Waals surface area contributed by atoms with Gasteiger partial charge in [-0.05, 0) is 45.9 Å². The minimum atomic E-state index is -1.36. The first-order valence-corrected chi connectivity index (χ1v) is 14.7. The van der Waals surface area contributed by atoms with Crippen molar-refractivity contribution in [2.24, 2.45) is 5.41 Å². The standard InChI is InChI=1S/C29H32IN3O8/c1-32(20(26(35)31-10-11-34)13-17-6-3-2-4-7-17)28(37)29-14-21-22-23(39-16-38-22)25(29)41-33(24(29)27(36)40-21)15-18-8-5-9-19(30)12-18/h2-9,12,20-25,34H,10-11,13-16H2,1H3,(H,31,35). The zero-order chi connectivity index (χ0) is 28.7. The smallest absolute Gasteiger partial charge is 0.327 e. The summed E-state index contributed by atoms with van der Waals surface area (Å²) in [4.78, 5) is 49.7. The lowest BCUT2D eigenvalue weighted by atomic mass is 9.62. The van der Waals surface area contributed by atoms with Crippen LogP contribution in [0.2, 0.25) is 0 Å². The molecule has 11 nitrogen and oxygen atoms in total. The highest BCUT2D eigenvalue weighted by molar-refractivity contribution is 14.1. The molecule has 2 N–H and O–H groups in total. The van der Waals surface area contributed by atoms with E-state index in [2.05, 4.69) is 27.9 Å². The zero-order valence-corrected chi connectivity index (χ0v) is 24.6. The average Bonchev–Trinajstić information content (AvgIpc) is 3.59. The maximum Gasteiger partial charge on any atom is 0.327 e. The van der Waals surface area contributed by atoms with Crippen molar-refractivity contribution in [2.75, 3.05) is 27.0 Å². The number of rotatable bonds is 9. The average molecular weight is 677 g/mol. The number of hydrogen-bond acceptors (Lipinski definition) is 9. The molecule has 0 radical (unpaired) electrons. The summed E-state index contributed by atoms with van der Waals surface area (Å²) in [6.45, 7) is 0.0770. The van der Waals surface area contributed by atoms with Gasteiger partial charge in [-0.1, -0.05) is 42.5 Å². The van der Waals surface area contributed by atoms with Gasteiger partial charge in [0.15, 0.2) is 6.04 Å². The van der Waals surface area contributed by atoms with Crippen LogP contribution in [0.15, 0.2) is 54.6 Å². The molecule has 3 heterocycles. The van der Waals surface area contributed by atoms with Gasteiger partial charge in [0, 0.05) is 30.0 Å². The van der Waals surface area contributed by atoms with Gasteiger partial charge in [-0.2, -0.15) is 5.06 Å². The van der Waals surface area contributed by atoms with Crippen LogP contribution in [-0.4, -0.2) is 96.3 Å². The molecule has 0 spiro atoms. The predicted octanol–water partition coefficient (Wildman–Crippen LogP) is 1.01. The number of halogens is 1. The van der Waals surface area contributed by atoms with Crippen molar-refractivity contribution in [3.8, 4) is 0 Å². The maximum absolute atomic E-state index is 14.8. The van der Waals surface area contributed by atoms with Gasteiger partial charge in [-0.15, -0.1) is 0 Å². The van der Waals surface area contributed by atoms with E-state index in [0.29, 0.717) is 0 Å². The Hall–Kier alpha value is -2.62. The van der Waals surface area contributed by atoms with Crippen LogP contribution in [-0.2, 0) is 46.4 Å². The predicted molar refractivity (Wildman–Crippen MR) is 152 cm³/mol. The minimum absolute atomic E-state index is 0.00506. The molecule has 2 aromatic carbocycles. The third kappa shape index (κ3) is 5.04. The van der Waals surface area contributed by atoms with E-state index in [1.165, 1.54) is 4.90 Å². The number of esters is 1. The highest BCUT2D eigenvalue weighted by Crippen LogP contribution is 2.56. The molecule has 12 heteroatoms. The van der Waals surface area contributed by atoms with Crippen LogP contribution < -0.4 is 5.32 Å². The van der Waals surface area contributed by atoms with Crippen LogP contribution >= 0.6 is 22.6 Å². The molecule has 4 aliphatic rings. The molecule has 6 rings (SSSR count). The van der Waals surface area contributed by atoms with Gasteiger partial charge in [-0.25, -0.2) is 0 Å². The van der Waals surface area contributed by atoms with E-state index in [0.717, 1.165) is 14.7 Å². The van der Waals surface area contributed by atoms with Gasteiger partial charge < -0.3 is 29.5 Å². The number of fused-ring (bicyclic) bond motifs is 4. The summed E-state index contributed by atoms with van der Waals surface area (Å²) in [5, 5.41) is 13.6. The van der Waals surface area contributed by atoms with Crippen LogP contribution in [0.25, 0.3) is 0 Å². The number of benzene rings is 2. The van der Waals surface area contributed by atoms with E-state index in [9.17, 15) is 19.5 Å². The fourth-order valence-electron chi connectivity index (χ4n) is 6.64. The number of nitrogens with zero attached hydrogens (tertiary/aromatic N) is 2. The Labute approximate surface area is 251 Å². The maximum atomic E-state index is 14.8. The van der Waals surface area contributed by atoms with Crippen LogP contribution in [0.3, 0.4) is 0 Å². The third-order valence-corrected chi connectivity index (χ3v) is 9.14. The first kappa shape index (κ1) is 28.5. The van der Waals surface area contributed by atoms with Crippen molar-refractivity contribution in [1.82, 2.24) is 15.3 Å². The second kappa shape index (κ2) is 11.6. The molecule has 218 valence electrons. The molecule has 4 fully saturated rings. The van der Waals surface area contributed by atoms with Crippen LogP contribution in [0.5, 0.6) is 0 Å². The number of hydrogen-bond donors (Lipinski definition) is 2. The zero-order valence-electron chi connectivity index (χ0n) is 22.5. The summed E-state index contributed by atoms with van der Waals surface area (Å²) in [6.07, 6.45) is -2.25. The Bertz CT molecular complexity index is 1310. The fourth-order valence-corrected chi connectivity index (χ4v) is 7.25. The van der Waals surface area contributed by atoms with Crippen molar-refractivity contribution in [2.45, 2.75) is 55.9 Å². The number of aliphatic hydroxyl groups is 1. The first-order chi connectivity index (χ1) is 19.8. The first-order valence-electron chi connectivity index (χ1n) is 13.6. The Kier molecular flexibility index (Phi) is 8.04. The van der Waals surface area contributed by atoms with E-state index >= 15 is 0 Å². The second-order valence-electron chi connectivity index (χ2n) is 10.9. The molecule has 0 aromatic heterocycles. The summed E-state index contributed by atoms with van der Waals surface area (Å²) in [7, 11) is 1.58. The van der Waals surface area contributed by atoms with E-state index < -0.39 is 59.7 Å². The van der Waals surface area contributed by atoms with Crippen molar-refractivity contribution in [1.29, 1.82) is 0 Å². The molecule has 1 saturated carbocycles. The molecular formula is C29H32IN3O8. The van der Waals surface area contributed by atoms with Gasteiger partial charge in [0.25, 0.3) is 0 Å². The van der Waals surface area contributed by atoms with Crippen molar-refractivity contribution >= 4 is 40.4 Å². The normalized spacial score (nSPS) is 30.8. The van der Waals surface area contributed by atoms with Crippen LogP contribution in [0.4, 0.5) is 0 Å². The number of aliphatic hydroxyl groups excluding tert-OH is 1. The monoisotopic (exact) mass is 677 g/mol. The van der Waals surface area contributed by atoms with E-state index in [1.54, 1.807) is 12.1 Å². The van der Waals surface area contributed by atoms with Gasteiger partial charge in [0.2, 0.25) is 11.8 Å². The molecule has 2 bridgehead atoms. The van der Waals surface area contributed by atoms with Crippen LogP contribution in [0.1, 0.15) is 17.5 Å². The molecular weight excluding hydrogens is 645 g/mol. The number of hydroxylamine groups is 2. The lowest BCUT2D eigenvalue weighted by molar-refractivity contribution is -0.204. The molecule has 3 saturated heterocycles. The minimum Gasteiger partial charge on any atom is -0.458 e. The molecule has 3 aliphatic heterocycles. The van der Waals surface area contributed by atoms with Gasteiger partial charge in [0.1, 0.15) is 42.7 Å². The summed E-state index contributed by atoms with van der Waals surface area (Å²) < 4.78 is 18.6. The Morgan fingerprint density at radius 1 is 1.15 bits per heavy atom. The van der Waals surface area contributed by atoms with E-state index in [4.69, 9.17) is 19.0 Å². The topological polar surface area (TPSA) is 127 Å². The molecule has 1 aliphatic carbocycles. The number of carbonyl (C=O) groups is 3. The van der Waals surface area contributed by atoms with E-state index in [-0.39, 0.29) is 39.3 Å². The Balaban J connectivity index is 1.38. The van der Waals surface area contributed by atoms with Crippen LogP contribution in [0, 0.1) is 8.99 Å². The molecule has 2 aromatic rings. The third-order valence-electron chi connectivity index (χ3n) is 8.47. The quantitative estimate of drug-likeness (QED) is 0.296. The highest BCUT2D eigenvalue weighted by Gasteiger charge is 2.75. The summed E-state index contributed by atoms with van der Waals surface area (Å²) in [5.74, 6) is -1.36.